The van der Waals surface area contributed by atoms with Gasteiger partial charge in [-0.25, -0.2) is 0 Å². The summed E-state index contributed by atoms with van der Waals surface area (Å²) in [7, 11) is 7.99. The number of rotatable bonds is 6. The van der Waals surface area contributed by atoms with Gasteiger partial charge in [-0.15, -0.1) is 24.0 Å². The normalized spacial score (nSPS) is 16.5. The van der Waals surface area contributed by atoms with Crippen molar-refractivity contribution in [1.82, 2.24) is 25.3 Å². The third kappa shape index (κ3) is 7.60. The van der Waals surface area contributed by atoms with Crippen LogP contribution in [0, 0.1) is 0 Å². The number of piperidine rings is 1. The van der Waals surface area contributed by atoms with Crippen LogP contribution in [-0.2, 0) is 12.5 Å². The highest BCUT2D eigenvalue weighted by atomic mass is 127. The molecule has 1 aliphatic rings. The summed E-state index contributed by atoms with van der Waals surface area (Å²) in [6.07, 6.45) is 6.21. The molecular formula is C25H42IN7. The van der Waals surface area contributed by atoms with Crippen LogP contribution in [0.2, 0.25) is 0 Å². The Balaban J connectivity index is 0.00000385. The Morgan fingerprint density at radius 1 is 1.18 bits per heavy atom. The first-order chi connectivity index (χ1) is 15.2. The van der Waals surface area contributed by atoms with E-state index in [1.807, 2.05) is 25.0 Å². The van der Waals surface area contributed by atoms with Crippen LogP contribution in [0.3, 0.4) is 0 Å². The predicted octanol–water partition coefficient (Wildman–Crippen LogP) is 3.77. The maximum absolute atomic E-state index is 4.46. The standard InChI is InChI=1S/C25H41N7.HI/c1-25(2,3)20-8-10-22(11-9-20)32-14-12-21(13-15-32)29-24(26-4)27-17-23(30(5)6)19-16-28-31(7)18-19;/h8-11,16,18,21,23H,12-15,17H2,1-7H3,(H2,26,27,29);1H. The minimum absolute atomic E-state index is 0. The molecule has 0 radical (unpaired) electrons. The fraction of sp³-hybridized carbons (Fsp3) is 0.600. The molecule has 8 heteroatoms. The molecule has 1 aromatic carbocycles. The molecule has 2 heterocycles. The number of aryl methyl sites for hydroxylation is 1. The van der Waals surface area contributed by atoms with Crippen molar-refractivity contribution in [3.8, 4) is 0 Å². The SMILES string of the molecule is CN=C(NCC(c1cnn(C)c1)N(C)C)NC1CCN(c2ccc(C(C)(C)C)cc2)CC1.I. The number of aliphatic imine (C=N–C) groups is 1. The number of halogens is 1. The van der Waals surface area contributed by atoms with Gasteiger partial charge in [-0.2, -0.15) is 5.10 Å². The van der Waals surface area contributed by atoms with Gasteiger partial charge in [0.25, 0.3) is 0 Å². The lowest BCUT2D eigenvalue weighted by atomic mass is 9.87. The van der Waals surface area contributed by atoms with E-state index >= 15 is 0 Å². The number of likely N-dealkylation sites (N-methyl/N-ethyl adjacent to an activating group) is 1. The van der Waals surface area contributed by atoms with Crippen LogP contribution in [-0.4, -0.2) is 67.5 Å². The molecule has 0 spiro atoms. The maximum Gasteiger partial charge on any atom is 0.191 e. The maximum atomic E-state index is 4.46. The van der Waals surface area contributed by atoms with E-state index in [4.69, 9.17) is 0 Å². The zero-order chi connectivity index (χ0) is 23.3. The molecular weight excluding hydrogens is 525 g/mol. The van der Waals surface area contributed by atoms with E-state index < -0.39 is 0 Å². The van der Waals surface area contributed by atoms with E-state index in [0.717, 1.165) is 38.4 Å². The van der Waals surface area contributed by atoms with Crippen molar-refractivity contribution in [2.75, 3.05) is 45.7 Å². The van der Waals surface area contributed by atoms with Gasteiger partial charge in [-0.1, -0.05) is 32.9 Å². The van der Waals surface area contributed by atoms with E-state index in [2.05, 4.69) is 95.9 Å². The number of nitrogens with zero attached hydrogens (tertiary/aromatic N) is 5. The Kier molecular flexibility index (Phi) is 10.0. The second-order valence-corrected chi connectivity index (χ2v) is 10.1. The summed E-state index contributed by atoms with van der Waals surface area (Å²) >= 11 is 0. The molecule has 1 fully saturated rings. The van der Waals surface area contributed by atoms with Gasteiger partial charge in [0.05, 0.1) is 12.2 Å². The summed E-state index contributed by atoms with van der Waals surface area (Å²) in [5.41, 5.74) is 4.10. The van der Waals surface area contributed by atoms with Gasteiger partial charge in [-0.05, 0) is 50.0 Å². The molecule has 1 aromatic heterocycles. The van der Waals surface area contributed by atoms with Crippen molar-refractivity contribution in [3.05, 3.63) is 47.8 Å². The molecule has 1 atom stereocenters. The molecule has 33 heavy (non-hydrogen) atoms. The number of hydrogen-bond donors (Lipinski definition) is 2. The van der Waals surface area contributed by atoms with E-state index in [1.165, 1.54) is 16.8 Å². The molecule has 184 valence electrons. The molecule has 1 saturated heterocycles. The Labute approximate surface area is 217 Å². The number of anilines is 1. The molecule has 2 N–H and O–H groups in total. The topological polar surface area (TPSA) is 60.7 Å². The zero-order valence-electron chi connectivity index (χ0n) is 21.3. The first-order valence-corrected chi connectivity index (χ1v) is 11.6. The van der Waals surface area contributed by atoms with Crippen LogP contribution in [0.5, 0.6) is 0 Å². The molecule has 1 aliphatic heterocycles. The Morgan fingerprint density at radius 2 is 1.82 bits per heavy atom. The van der Waals surface area contributed by atoms with Crippen LogP contribution in [0.25, 0.3) is 0 Å². The van der Waals surface area contributed by atoms with Crippen molar-refractivity contribution in [2.24, 2.45) is 12.0 Å². The third-order valence-corrected chi connectivity index (χ3v) is 6.35. The molecule has 0 aliphatic carbocycles. The first-order valence-electron chi connectivity index (χ1n) is 11.6. The molecule has 1 unspecified atom stereocenters. The van der Waals surface area contributed by atoms with Crippen molar-refractivity contribution in [3.63, 3.8) is 0 Å². The van der Waals surface area contributed by atoms with E-state index in [1.54, 1.807) is 0 Å². The second kappa shape index (κ2) is 12.1. The molecule has 0 bridgehead atoms. The monoisotopic (exact) mass is 567 g/mol. The highest BCUT2D eigenvalue weighted by Crippen LogP contribution is 2.26. The summed E-state index contributed by atoms with van der Waals surface area (Å²) in [5, 5.41) is 11.5. The lowest BCUT2D eigenvalue weighted by molar-refractivity contribution is 0.297. The van der Waals surface area contributed by atoms with Crippen molar-refractivity contribution < 1.29 is 0 Å². The molecule has 3 rings (SSSR count). The fourth-order valence-electron chi connectivity index (χ4n) is 4.25. The third-order valence-electron chi connectivity index (χ3n) is 6.35. The lowest BCUT2D eigenvalue weighted by Gasteiger charge is -2.35. The van der Waals surface area contributed by atoms with Gasteiger partial charge >= 0.3 is 0 Å². The molecule has 0 saturated carbocycles. The van der Waals surface area contributed by atoms with Gasteiger partial charge in [0.1, 0.15) is 0 Å². The minimum atomic E-state index is 0. The summed E-state index contributed by atoms with van der Waals surface area (Å²) in [4.78, 5) is 9.16. The number of hydrogen-bond acceptors (Lipinski definition) is 4. The molecule has 7 nitrogen and oxygen atoms in total. The summed E-state index contributed by atoms with van der Waals surface area (Å²) in [5.74, 6) is 0.869. The average molecular weight is 568 g/mol. The Bertz CT molecular complexity index is 875. The zero-order valence-corrected chi connectivity index (χ0v) is 23.6. The predicted molar refractivity (Wildman–Crippen MR) is 150 cm³/mol. The van der Waals surface area contributed by atoms with Crippen LogP contribution >= 0.6 is 24.0 Å². The molecule has 0 amide bonds. The fourth-order valence-corrected chi connectivity index (χ4v) is 4.25. The average Bonchev–Trinajstić information content (AvgIpc) is 3.18. The number of nitrogens with one attached hydrogen (secondary N) is 2. The van der Waals surface area contributed by atoms with Gasteiger partial charge < -0.3 is 20.4 Å². The number of aromatic nitrogens is 2. The van der Waals surface area contributed by atoms with Crippen LogP contribution in [0.1, 0.15) is 50.8 Å². The first kappa shape index (κ1) is 27.4. The summed E-state index contributed by atoms with van der Waals surface area (Å²) < 4.78 is 1.85. The second-order valence-electron chi connectivity index (χ2n) is 10.1. The van der Waals surface area contributed by atoms with E-state index in [0.29, 0.717) is 6.04 Å². The van der Waals surface area contributed by atoms with Crippen LogP contribution < -0.4 is 15.5 Å². The van der Waals surface area contributed by atoms with Gasteiger partial charge in [0.2, 0.25) is 0 Å². The van der Waals surface area contributed by atoms with E-state index in [-0.39, 0.29) is 35.4 Å². The smallest absolute Gasteiger partial charge is 0.191 e. The van der Waals surface area contributed by atoms with E-state index in [9.17, 15) is 0 Å². The molecule has 2 aromatic rings. The Morgan fingerprint density at radius 3 is 2.30 bits per heavy atom. The summed E-state index contributed by atoms with van der Waals surface area (Å²) in [6.45, 7) is 9.67. The summed E-state index contributed by atoms with van der Waals surface area (Å²) in [6, 6.07) is 9.76. The number of guanidine groups is 1. The van der Waals surface area contributed by atoms with Gasteiger partial charge in [0, 0.05) is 57.2 Å². The highest BCUT2D eigenvalue weighted by molar-refractivity contribution is 14.0. The lowest BCUT2D eigenvalue weighted by Crippen LogP contribution is -2.49. The highest BCUT2D eigenvalue weighted by Gasteiger charge is 2.22. The van der Waals surface area contributed by atoms with Gasteiger partial charge in [-0.3, -0.25) is 9.67 Å². The Hall–Kier alpha value is -1.81. The van der Waals surface area contributed by atoms with Crippen LogP contribution in [0.4, 0.5) is 5.69 Å². The van der Waals surface area contributed by atoms with Crippen molar-refractivity contribution >= 4 is 35.6 Å². The number of benzene rings is 1. The minimum Gasteiger partial charge on any atom is -0.371 e. The van der Waals surface area contributed by atoms with Crippen LogP contribution in [0.15, 0.2) is 41.7 Å². The quantitative estimate of drug-likeness (QED) is 0.316. The largest absolute Gasteiger partial charge is 0.371 e. The van der Waals surface area contributed by atoms with Crippen molar-refractivity contribution in [1.29, 1.82) is 0 Å². The van der Waals surface area contributed by atoms with Crippen molar-refractivity contribution in [2.45, 2.75) is 51.1 Å². The van der Waals surface area contributed by atoms with Gasteiger partial charge in [0.15, 0.2) is 5.96 Å².